The van der Waals surface area contributed by atoms with Crippen LogP contribution in [-0.4, -0.2) is 52.8 Å². The van der Waals surface area contributed by atoms with Gasteiger partial charge in [-0.2, -0.15) is 0 Å². The second kappa shape index (κ2) is 6.99. The Balaban J connectivity index is 1.55. The average Bonchev–Trinajstić information content (AvgIpc) is 3.11. The molecule has 5 nitrogen and oxygen atoms in total. The van der Waals surface area contributed by atoms with Crippen molar-refractivity contribution in [3.63, 3.8) is 0 Å². The van der Waals surface area contributed by atoms with Gasteiger partial charge in [0.1, 0.15) is 0 Å². The average molecular weight is 335 g/mol. The zero-order valence-electron chi connectivity index (χ0n) is 14.0. The van der Waals surface area contributed by atoms with Crippen LogP contribution >= 0.6 is 11.3 Å². The minimum Gasteiger partial charge on any atom is -0.342 e. The topological polar surface area (TPSA) is 53.5 Å². The number of hydrogen-bond acceptors (Lipinski definition) is 4. The molecule has 3 heterocycles. The Hall–Kier alpha value is -1.43. The lowest BCUT2D eigenvalue weighted by Crippen LogP contribution is -2.40. The largest absolute Gasteiger partial charge is 0.342 e. The molecule has 2 fully saturated rings. The Morgan fingerprint density at radius 1 is 1.30 bits per heavy atom. The summed E-state index contributed by atoms with van der Waals surface area (Å²) in [6.07, 6.45) is 4.18. The fourth-order valence-electron chi connectivity index (χ4n) is 3.41. The summed E-state index contributed by atoms with van der Waals surface area (Å²) in [5, 5.41) is 1.17. The summed E-state index contributed by atoms with van der Waals surface area (Å²) in [7, 11) is 0. The van der Waals surface area contributed by atoms with Crippen molar-refractivity contribution >= 4 is 23.2 Å². The summed E-state index contributed by atoms with van der Waals surface area (Å²) in [5.74, 6) is 0.751. The first-order valence-corrected chi connectivity index (χ1v) is 9.35. The third-order valence-electron chi connectivity index (χ3n) is 4.94. The number of thiazole rings is 1. The second-order valence-electron chi connectivity index (χ2n) is 6.61. The molecule has 2 amide bonds. The smallest absolute Gasteiger partial charge is 0.224 e. The molecule has 3 rings (SSSR count). The molecule has 0 spiro atoms. The Morgan fingerprint density at radius 2 is 2.13 bits per heavy atom. The maximum absolute atomic E-state index is 12.5. The number of piperidine rings is 1. The van der Waals surface area contributed by atoms with Crippen LogP contribution in [0.3, 0.4) is 0 Å². The van der Waals surface area contributed by atoms with Crippen LogP contribution < -0.4 is 0 Å². The number of amides is 2. The van der Waals surface area contributed by atoms with E-state index >= 15 is 0 Å². The molecule has 0 N–H and O–H groups in total. The Labute approximate surface area is 141 Å². The highest BCUT2D eigenvalue weighted by Crippen LogP contribution is 2.31. The van der Waals surface area contributed by atoms with Gasteiger partial charge in [-0.15, -0.1) is 11.3 Å². The molecule has 6 heteroatoms. The van der Waals surface area contributed by atoms with Crippen molar-refractivity contribution in [3.8, 4) is 0 Å². The van der Waals surface area contributed by atoms with E-state index in [2.05, 4.69) is 11.9 Å². The van der Waals surface area contributed by atoms with E-state index < -0.39 is 0 Å². The highest BCUT2D eigenvalue weighted by Gasteiger charge is 2.28. The number of aromatic nitrogens is 1. The van der Waals surface area contributed by atoms with Crippen LogP contribution in [0.2, 0.25) is 0 Å². The molecule has 23 heavy (non-hydrogen) atoms. The van der Waals surface area contributed by atoms with Crippen molar-refractivity contribution in [1.82, 2.24) is 14.8 Å². The SMILES string of the molecule is Cc1nc(C2CCCN(C(=O)CCN3CCCC3=O)C2)sc1C. The van der Waals surface area contributed by atoms with Gasteiger partial charge in [-0.25, -0.2) is 4.98 Å². The van der Waals surface area contributed by atoms with Crippen molar-refractivity contribution < 1.29 is 9.59 Å². The molecule has 1 aromatic heterocycles. The quantitative estimate of drug-likeness (QED) is 0.849. The first kappa shape index (κ1) is 16.4. The molecule has 0 aliphatic carbocycles. The highest BCUT2D eigenvalue weighted by molar-refractivity contribution is 7.11. The van der Waals surface area contributed by atoms with Gasteiger partial charge in [0.25, 0.3) is 0 Å². The van der Waals surface area contributed by atoms with Crippen LogP contribution in [-0.2, 0) is 9.59 Å². The standard InChI is InChI=1S/C17H25N3O2S/c1-12-13(2)23-17(18-12)14-5-3-9-20(11-14)16(22)7-10-19-8-4-6-15(19)21/h14H,3-11H2,1-2H3. The lowest BCUT2D eigenvalue weighted by molar-refractivity contribution is -0.133. The van der Waals surface area contributed by atoms with Crippen molar-refractivity contribution in [1.29, 1.82) is 0 Å². The highest BCUT2D eigenvalue weighted by atomic mass is 32.1. The summed E-state index contributed by atoms with van der Waals surface area (Å²) >= 11 is 1.77. The molecule has 2 aliphatic rings. The van der Waals surface area contributed by atoms with Crippen molar-refractivity contribution in [2.75, 3.05) is 26.2 Å². The molecule has 0 radical (unpaired) electrons. The monoisotopic (exact) mass is 335 g/mol. The summed E-state index contributed by atoms with van der Waals surface area (Å²) in [6, 6.07) is 0. The van der Waals surface area contributed by atoms with E-state index in [1.54, 1.807) is 11.3 Å². The van der Waals surface area contributed by atoms with Crippen molar-refractivity contribution in [2.24, 2.45) is 0 Å². The first-order chi connectivity index (χ1) is 11.0. The number of carbonyl (C=O) groups is 2. The molecule has 2 saturated heterocycles. The minimum absolute atomic E-state index is 0.180. The molecule has 1 aromatic rings. The molecule has 2 aliphatic heterocycles. The number of carbonyl (C=O) groups excluding carboxylic acids is 2. The van der Waals surface area contributed by atoms with Gasteiger partial charge in [0.2, 0.25) is 11.8 Å². The van der Waals surface area contributed by atoms with E-state index in [1.807, 2.05) is 16.7 Å². The molecular weight excluding hydrogens is 310 g/mol. The van der Waals surface area contributed by atoms with Gasteiger partial charge < -0.3 is 9.80 Å². The number of rotatable bonds is 4. The molecule has 0 bridgehead atoms. The van der Waals surface area contributed by atoms with Crippen molar-refractivity contribution in [2.45, 2.75) is 51.9 Å². The third kappa shape index (κ3) is 3.74. The predicted molar refractivity (Wildman–Crippen MR) is 90.6 cm³/mol. The van der Waals surface area contributed by atoms with E-state index in [0.717, 1.165) is 44.6 Å². The van der Waals surface area contributed by atoms with Gasteiger partial charge in [-0.1, -0.05) is 0 Å². The predicted octanol–water partition coefficient (Wildman–Crippen LogP) is 2.48. The summed E-state index contributed by atoms with van der Waals surface area (Å²) in [4.78, 5) is 33.9. The van der Waals surface area contributed by atoms with Gasteiger partial charge in [0, 0.05) is 49.8 Å². The number of hydrogen-bond donors (Lipinski definition) is 0. The lowest BCUT2D eigenvalue weighted by atomic mass is 9.98. The van der Waals surface area contributed by atoms with E-state index in [4.69, 9.17) is 0 Å². The minimum atomic E-state index is 0.180. The fraction of sp³-hybridized carbons (Fsp3) is 0.706. The maximum atomic E-state index is 12.5. The molecule has 0 aromatic carbocycles. The summed E-state index contributed by atoms with van der Waals surface area (Å²) < 4.78 is 0. The first-order valence-electron chi connectivity index (χ1n) is 8.54. The molecular formula is C17H25N3O2S. The second-order valence-corrected chi connectivity index (χ2v) is 7.84. The van der Waals surface area contributed by atoms with Gasteiger partial charge >= 0.3 is 0 Å². The molecule has 1 unspecified atom stereocenters. The Kier molecular flexibility index (Phi) is 4.99. The Morgan fingerprint density at radius 3 is 2.78 bits per heavy atom. The van der Waals surface area contributed by atoms with Gasteiger partial charge in [-0.05, 0) is 33.1 Å². The van der Waals surface area contributed by atoms with Crippen LogP contribution in [0.1, 0.15) is 53.6 Å². The van der Waals surface area contributed by atoms with E-state index in [0.29, 0.717) is 25.3 Å². The number of nitrogens with zero attached hydrogens (tertiary/aromatic N) is 3. The van der Waals surface area contributed by atoms with Crippen LogP contribution in [0, 0.1) is 13.8 Å². The van der Waals surface area contributed by atoms with Crippen LogP contribution in [0.25, 0.3) is 0 Å². The fourth-order valence-corrected chi connectivity index (χ4v) is 4.46. The summed E-state index contributed by atoms with van der Waals surface area (Å²) in [5.41, 5.74) is 1.11. The molecule has 0 saturated carbocycles. The third-order valence-corrected chi connectivity index (χ3v) is 6.17. The zero-order valence-corrected chi connectivity index (χ0v) is 14.8. The van der Waals surface area contributed by atoms with Crippen LogP contribution in [0.15, 0.2) is 0 Å². The maximum Gasteiger partial charge on any atom is 0.224 e. The van der Waals surface area contributed by atoms with Crippen LogP contribution in [0.4, 0.5) is 0 Å². The van der Waals surface area contributed by atoms with Crippen LogP contribution in [0.5, 0.6) is 0 Å². The van der Waals surface area contributed by atoms with Crippen molar-refractivity contribution in [3.05, 3.63) is 15.6 Å². The zero-order chi connectivity index (χ0) is 16.4. The molecule has 126 valence electrons. The van der Waals surface area contributed by atoms with E-state index in [9.17, 15) is 9.59 Å². The number of likely N-dealkylation sites (tertiary alicyclic amines) is 2. The van der Waals surface area contributed by atoms with E-state index in [1.165, 1.54) is 9.88 Å². The normalized spacial score (nSPS) is 22.0. The van der Waals surface area contributed by atoms with Gasteiger partial charge in [0.15, 0.2) is 0 Å². The summed E-state index contributed by atoms with van der Waals surface area (Å²) in [6.45, 7) is 7.16. The van der Waals surface area contributed by atoms with Gasteiger partial charge in [-0.3, -0.25) is 9.59 Å². The molecule has 1 atom stereocenters. The number of aryl methyl sites for hydroxylation is 2. The van der Waals surface area contributed by atoms with E-state index in [-0.39, 0.29) is 11.8 Å². The van der Waals surface area contributed by atoms with Gasteiger partial charge in [0.05, 0.1) is 10.7 Å². The lowest BCUT2D eigenvalue weighted by Gasteiger charge is -2.32. The Bertz CT molecular complexity index is 579.